The van der Waals surface area contributed by atoms with Crippen LogP contribution in [0.1, 0.15) is 22.3 Å². The summed E-state index contributed by atoms with van der Waals surface area (Å²) in [5.74, 6) is -0.00910. The van der Waals surface area contributed by atoms with Crippen molar-refractivity contribution < 1.29 is 9.90 Å². The first-order chi connectivity index (χ1) is 15.5. The number of aryl methyl sites for hydroxylation is 2. The van der Waals surface area contributed by atoms with Gasteiger partial charge in [0.15, 0.2) is 0 Å². The fourth-order valence-electron chi connectivity index (χ4n) is 4.09. The number of nitrogens with one attached hydrogen (secondary N) is 1. The van der Waals surface area contributed by atoms with Crippen LogP contribution in [0.5, 0.6) is 5.75 Å². The minimum atomic E-state index is -0.149. The lowest BCUT2D eigenvalue weighted by Gasteiger charge is -2.34. The Morgan fingerprint density at radius 2 is 1.75 bits per heavy atom. The lowest BCUT2D eigenvalue weighted by Crippen LogP contribution is -2.48. The van der Waals surface area contributed by atoms with Gasteiger partial charge in [0.25, 0.3) is 5.91 Å². The molecule has 6 heteroatoms. The van der Waals surface area contributed by atoms with Gasteiger partial charge in [0.2, 0.25) is 0 Å². The average Bonchev–Trinajstić information content (AvgIpc) is 2.79. The van der Waals surface area contributed by atoms with E-state index in [2.05, 4.69) is 52.4 Å². The number of fused-ring (bicyclic) bond motifs is 1. The molecule has 0 bridgehead atoms. The Kier molecular flexibility index (Phi) is 6.83. The maximum Gasteiger partial charge on any atom is 0.254 e. The molecule has 1 aliphatic heterocycles. The Morgan fingerprint density at radius 1 is 1.00 bits per heavy atom. The van der Waals surface area contributed by atoms with Crippen LogP contribution in [0.3, 0.4) is 0 Å². The molecule has 3 aromatic carbocycles. The maximum absolute atomic E-state index is 12.3. The first kappa shape index (κ1) is 22.0. The quantitative estimate of drug-likeness (QED) is 0.464. The zero-order valence-electron chi connectivity index (χ0n) is 18.7. The molecule has 0 aliphatic carbocycles. The summed E-state index contributed by atoms with van der Waals surface area (Å²) >= 11 is 0. The number of benzene rings is 3. The molecule has 0 atom stereocenters. The molecule has 6 nitrogen and oxygen atoms in total. The third-order valence-corrected chi connectivity index (χ3v) is 6.14. The zero-order valence-corrected chi connectivity index (χ0v) is 18.7. The van der Waals surface area contributed by atoms with Crippen molar-refractivity contribution in [3.05, 3.63) is 76.9 Å². The highest BCUT2D eigenvalue weighted by Crippen LogP contribution is 2.25. The molecule has 1 aliphatic rings. The zero-order chi connectivity index (χ0) is 22.5. The second kappa shape index (κ2) is 9.94. The van der Waals surface area contributed by atoms with Crippen molar-refractivity contribution in [1.29, 1.82) is 0 Å². The predicted molar refractivity (Wildman–Crippen MR) is 129 cm³/mol. The van der Waals surface area contributed by atoms with Gasteiger partial charge in [-0.25, -0.2) is 5.43 Å². The van der Waals surface area contributed by atoms with Crippen molar-refractivity contribution in [1.82, 2.24) is 15.2 Å². The van der Waals surface area contributed by atoms with Gasteiger partial charge in [0.05, 0.1) is 12.8 Å². The number of hydrogen-bond acceptors (Lipinski definition) is 5. The molecule has 0 radical (unpaired) electrons. The van der Waals surface area contributed by atoms with Gasteiger partial charge in [-0.1, -0.05) is 48.5 Å². The number of amides is 1. The number of phenols is 1. The first-order valence-corrected chi connectivity index (χ1v) is 11.0. The molecule has 1 heterocycles. The molecular weight excluding hydrogens is 400 g/mol. The number of piperazine rings is 1. The number of carbonyl (C=O) groups excluding carboxylic acids is 1. The van der Waals surface area contributed by atoms with E-state index in [-0.39, 0.29) is 11.7 Å². The van der Waals surface area contributed by atoms with Crippen LogP contribution in [0.15, 0.2) is 59.7 Å². The molecule has 0 unspecified atom stereocenters. The molecule has 1 amide bonds. The van der Waals surface area contributed by atoms with E-state index in [9.17, 15) is 9.90 Å². The van der Waals surface area contributed by atoms with Crippen LogP contribution >= 0.6 is 0 Å². The molecule has 2 N–H and O–H groups in total. The topological polar surface area (TPSA) is 68.2 Å². The summed E-state index contributed by atoms with van der Waals surface area (Å²) in [7, 11) is 0. The number of carbonyl (C=O) groups is 1. The van der Waals surface area contributed by atoms with E-state index in [0.717, 1.165) is 43.5 Å². The van der Waals surface area contributed by atoms with E-state index in [1.54, 1.807) is 6.07 Å². The van der Waals surface area contributed by atoms with Gasteiger partial charge >= 0.3 is 0 Å². The second-order valence-corrected chi connectivity index (χ2v) is 8.48. The summed E-state index contributed by atoms with van der Waals surface area (Å²) in [5, 5.41) is 16.2. The first-order valence-electron chi connectivity index (χ1n) is 11.0. The van der Waals surface area contributed by atoms with Crippen LogP contribution < -0.4 is 5.43 Å². The van der Waals surface area contributed by atoms with Crippen LogP contribution in [0, 0.1) is 13.8 Å². The maximum atomic E-state index is 12.3. The minimum absolute atomic E-state index is 0.140. The van der Waals surface area contributed by atoms with E-state index in [1.165, 1.54) is 22.9 Å². The van der Waals surface area contributed by atoms with Crippen molar-refractivity contribution in [2.24, 2.45) is 5.10 Å². The summed E-state index contributed by atoms with van der Waals surface area (Å²) in [6.07, 6.45) is 1.51. The van der Waals surface area contributed by atoms with E-state index >= 15 is 0 Å². The fraction of sp³-hybridized carbons (Fsp3) is 0.308. The number of hydrazone groups is 1. The summed E-state index contributed by atoms with van der Waals surface area (Å²) in [6, 6.07) is 17.9. The molecule has 0 spiro atoms. The third-order valence-electron chi connectivity index (χ3n) is 6.14. The van der Waals surface area contributed by atoms with Crippen molar-refractivity contribution in [3.8, 4) is 5.75 Å². The fourth-order valence-corrected chi connectivity index (χ4v) is 4.09. The highest BCUT2D eigenvalue weighted by Gasteiger charge is 2.19. The molecule has 0 aromatic heterocycles. The molecule has 0 saturated carbocycles. The van der Waals surface area contributed by atoms with E-state index in [4.69, 9.17) is 0 Å². The Hall–Kier alpha value is -3.22. The lowest BCUT2D eigenvalue weighted by atomic mass is 10.0. The van der Waals surface area contributed by atoms with Gasteiger partial charge < -0.3 is 5.11 Å². The molecule has 32 heavy (non-hydrogen) atoms. The summed E-state index contributed by atoms with van der Waals surface area (Å²) in [5.41, 5.74) is 7.19. The Bertz CT molecular complexity index is 1130. The number of hydrogen-bond donors (Lipinski definition) is 2. The molecule has 166 valence electrons. The largest absolute Gasteiger partial charge is 0.507 e. The van der Waals surface area contributed by atoms with E-state index in [0.29, 0.717) is 12.1 Å². The Labute approximate surface area is 189 Å². The van der Waals surface area contributed by atoms with Crippen LogP contribution in [0.2, 0.25) is 0 Å². The van der Waals surface area contributed by atoms with Gasteiger partial charge in [-0.3, -0.25) is 14.6 Å². The normalized spacial score (nSPS) is 15.4. The van der Waals surface area contributed by atoms with Crippen LogP contribution in [-0.2, 0) is 11.3 Å². The number of aromatic hydroxyl groups is 1. The standard InChI is InChI=1S/C26H30N4O2/c1-19-7-8-21(15-20(19)2)17-29-11-13-30(14-12-29)18-26(32)28-27-16-24-23-6-4-3-5-22(23)9-10-25(24)31/h3-10,15-16,31H,11-14,17-18H2,1-2H3,(H,28,32)/b27-16+. The average molecular weight is 431 g/mol. The lowest BCUT2D eigenvalue weighted by molar-refractivity contribution is -0.122. The van der Waals surface area contributed by atoms with E-state index in [1.807, 2.05) is 30.3 Å². The third kappa shape index (κ3) is 5.33. The van der Waals surface area contributed by atoms with Crippen LogP contribution in [0.4, 0.5) is 0 Å². The Balaban J connectivity index is 1.26. The van der Waals surface area contributed by atoms with Gasteiger partial charge in [-0.05, 0) is 47.4 Å². The molecule has 1 fully saturated rings. The highest BCUT2D eigenvalue weighted by atomic mass is 16.3. The van der Waals surface area contributed by atoms with Crippen molar-refractivity contribution in [2.45, 2.75) is 20.4 Å². The summed E-state index contributed by atoms with van der Waals surface area (Å²) in [6.45, 7) is 9.13. The van der Waals surface area contributed by atoms with Crippen molar-refractivity contribution in [2.75, 3.05) is 32.7 Å². The number of rotatable bonds is 6. The molecule has 1 saturated heterocycles. The Morgan fingerprint density at radius 3 is 2.53 bits per heavy atom. The van der Waals surface area contributed by atoms with Crippen molar-refractivity contribution >= 4 is 22.9 Å². The van der Waals surface area contributed by atoms with Gasteiger partial charge in [0, 0.05) is 38.3 Å². The van der Waals surface area contributed by atoms with Crippen molar-refractivity contribution in [3.63, 3.8) is 0 Å². The highest BCUT2D eigenvalue weighted by molar-refractivity contribution is 6.02. The number of phenolic OH excluding ortho intramolecular Hbond substituents is 1. The van der Waals surface area contributed by atoms with Gasteiger partial charge in [0.1, 0.15) is 5.75 Å². The second-order valence-electron chi connectivity index (χ2n) is 8.48. The smallest absolute Gasteiger partial charge is 0.254 e. The molecule has 4 rings (SSSR count). The molecular formula is C26H30N4O2. The minimum Gasteiger partial charge on any atom is -0.507 e. The predicted octanol–water partition coefficient (Wildman–Crippen LogP) is 3.43. The van der Waals surface area contributed by atoms with Crippen LogP contribution in [-0.4, -0.2) is 59.8 Å². The van der Waals surface area contributed by atoms with Gasteiger partial charge in [-0.2, -0.15) is 5.10 Å². The van der Waals surface area contributed by atoms with Crippen LogP contribution in [0.25, 0.3) is 10.8 Å². The number of nitrogens with zero attached hydrogens (tertiary/aromatic N) is 3. The SMILES string of the molecule is Cc1ccc(CN2CCN(CC(=O)N/N=C/c3c(O)ccc4ccccc34)CC2)cc1C. The monoisotopic (exact) mass is 430 g/mol. The molecule has 3 aromatic rings. The van der Waals surface area contributed by atoms with Gasteiger partial charge in [-0.15, -0.1) is 0 Å². The van der Waals surface area contributed by atoms with E-state index < -0.39 is 0 Å². The summed E-state index contributed by atoms with van der Waals surface area (Å²) in [4.78, 5) is 16.9. The summed E-state index contributed by atoms with van der Waals surface area (Å²) < 4.78 is 0.